The van der Waals surface area contributed by atoms with Crippen molar-refractivity contribution in [3.8, 4) is 0 Å². The fraction of sp³-hybridized carbons (Fsp3) is 0.500. The van der Waals surface area contributed by atoms with Crippen LogP contribution >= 0.6 is 11.8 Å². The molecule has 0 nitrogen and oxygen atoms in total. The first kappa shape index (κ1) is 8.83. The number of hydrogen-bond donors (Lipinski definition) is 0. The largest absolute Gasteiger partial charge is 0.130 e. The molecule has 0 aliphatic rings. The van der Waals surface area contributed by atoms with Crippen LogP contribution in [-0.4, -0.2) is 6.26 Å². The Morgan fingerprint density at radius 2 is 2.22 bits per heavy atom. The van der Waals surface area contributed by atoms with Gasteiger partial charge >= 0.3 is 0 Å². The second kappa shape index (κ2) is 5.96. The lowest BCUT2D eigenvalue weighted by molar-refractivity contribution is 1.22. The monoisotopic (exact) mass is 142 g/mol. The van der Waals surface area contributed by atoms with E-state index in [4.69, 9.17) is 0 Å². The van der Waals surface area contributed by atoms with Crippen molar-refractivity contribution in [1.82, 2.24) is 0 Å². The highest BCUT2D eigenvalue weighted by Gasteiger charge is 1.82. The first-order valence-electron chi connectivity index (χ1n) is 3.22. The maximum absolute atomic E-state index is 2.23. The molecule has 0 aromatic rings. The summed E-state index contributed by atoms with van der Waals surface area (Å²) in [4.78, 5) is 1.36. The molecule has 0 unspecified atom stereocenters. The van der Waals surface area contributed by atoms with Crippen LogP contribution < -0.4 is 0 Å². The van der Waals surface area contributed by atoms with Crippen molar-refractivity contribution in [2.75, 3.05) is 6.26 Å². The van der Waals surface area contributed by atoms with Gasteiger partial charge in [-0.2, -0.15) is 0 Å². The molecule has 0 saturated heterocycles. The molecule has 0 bridgehead atoms. The van der Waals surface area contributed by atoms with E-state index < -0.39 is 0 Å². The van der Waals surface area contributed by atoms with Crippen LogP contribution in [0, 0.1) is 0 Å². The third kappa shape index (κ3) is 4.34. The van der Waals surface area contributed by atoms with E-state index in [1.165, 1.54) is 4.91 Å². The van der Waals surface area contributed by atoms with E-state index in [2.05, 4.69) is 31.4 Å². The number of allylic oxidation sites excluding steroid dienone is 3. The molecule has 0 rings (SSSR count). The van der Waals surface area contributed by atoms with Crippen molar-refractivity contribution < 1.29 is 0 Å². The minimum Gasteiger partial charge on any atom is -0.130 e. The summed E-state index contributed by atoms with van der Waals surface area (Å²) in [5.74, 6) is 0. The molecule has 0 aromatic carbocycles. The summed E-state index contributed by atoms with van der Waals surface area (Å²) in [7, 11) is 0. The zero-order chi connectivity index (χ0) is 7.11. The molecule has 0 aliphatic heterocycles. The third-order valence-corrected chi connectivity index (χ3v) is 1.75. The molecule has 0 aliphatic carbocycles. The minimum absolute atomic E-state index is 1.13. The van der Waals surface area contributed by atoms with E-state index in [0.717, 1.165) is 6.42 Å². The molecule has 52 valence electrons. The summed E-state index contributed by atoms with van der Waals surface area (Å²) < 4.78 is 0. The van der Waals surface area contributed by atoms with E-state index >= 15 is 0 Å². The Balaban J connectivity index is 3.81. The summed E-state index contributed by atoms with van der Waals surface area (Å²) in [5.41, 5.74) is 0. The summed E-state index contributed by atoms with van der Waals surface area (Å²) in [6.07, 6.45) is 9.65. The molecule has 9 heavy (non-hydrogen) atoms. The van der Waals surface area contributed by atoms with E-state index in [0.29, 0.717) is 0 Å². The smallest absolute Gasteiger partial charge is 0.00258 e. The van der Waals surface area contributed by atoms with Gasteiger partial charge in [-0.3, -0.25) is 0 Å². The fourth-order valence-electron chi connectivity index (χ4n) is 0.585. The van der Waals surface area contributed by atoms with E-state index in [1.807, 2.05) is 6.92 Å². The van der Waals surface area contributed by atoms with E-state index in [-0.39, 0.29) is 0 Å². The van der Waals surface area contributed by atoms with Crippen molar-refractivity contribution in [2.24, 2.45) is 0 Å². The zero-order valence-corrected chi connectivity index (χ0v) is 7.16. The van der Waals surface area contributed by atoms with Gasteiger partial charge < -0.3 is 0 Å². The molecular formula is C8H14S. The van der Waals surface area contributed by atoms with Gasteiger partial charge in [-0.15, -0.1) is 11.8 Å². The van der Waals surface area contributed by atoms with Crippen molar-refractivity contribution in [2.45, 2.75) is 20.3 Å². The number of rotatable bonds is 3. The molecule has 0 spiro atoms. The van der Waals surface area contributed by atoms with Crippen LogP contribution in [0.1, 0.15) is 20.3 Å². The topological polar surface area (TPSA) is 0 Å². The summed E-state index contributed by atoms with van der Waals surface area (Å²) in [6.45, 7) is 4.19. The van der Waals surface area contributed by atoms with Gasteiger partial charge in [0, 0.05) is 4.91 Å². The van der Waals surface area contributed by atoms with Crippen molar-refractivity contribution >= 4 is 11.8 Å². The SMILES string of the molecule is C/C=C\C(=C/CC)SC. The molecule has 0 fully saturated rings. The molecular weight excluding hydrogens is 128 g/mol. The molecule has 0 atom stereocenters. The Bertz CT molecular complexity index is 112. The van der Waals surface area contributed by atoms with Crippen molar-refractivity contribution in [3.63, 3.8) is 0 Å². The lowest BCUT2D eigenvalue weighted by atomic mass is 10.4. The number of hydrogen-bond acceptors (Lipinski definition) is 1. The molecule has 1 heteroatoms. The van der Waals surface area contributed by atoms with Gasteiger partial charge in [-0.05, 0) is 19.6 Å². The summed E-state index contributed by atoms with van der Waals surface area (Å²) >= 11 is 1.79. The second-order valence-electron chi connectivity index (χ2n) is 1.72. The maximum Gasteiger partial charge on any atom is 0.00258 e. The molecule has 0 aromatic heterocycles. The highest BCUT2D eigenvalue weighted by molar-refractivity contribution is 8.02. The molecule has 0 saturated carbocycles. The normalized spacial score (nSPS) is 13.0. The fourth-order valence-corrected chi connectivity index (χ4v) is 1.19. The first-order chi connectivity index (χ1) is 4.35. The van der Waals surface area contributed by atoms with Gasteiger partial charge in [0.2, 0.25) is 0 Å². The predicted molar refractivity (Wildman–Crippen MR) is 46.7 cm³/mol. The zero-order valence-electron chi connectivity index (χ0n) is 6.35. The average Bonchev–Trinajstić information content (AvgIpc) is 1.88. The van der Waals surface area contributed by atoms with E-state index in [9.17, 15) is 0 Å². The third-order valence-electron chi connectivity index (χ3n) is 0.972. The van der Waals surface area contributed by atoms with Crippen LogP contribution in [0.4, 0.5) is 0 Å². The Kier molecular flexibility index (Phi) is 5.85. The van der Waals surface area contributed by atoms with Gasteiger partial charge in [0.15, 0.2) is 0 Å². The van der Waals surface area contributed by atoms with Crippen LogP contribution in [0.2, 0.25) is 0 Å². The maximum atomic E-state index is 2.23. The summed E-state index contributed by atoms with van der Waals surface area (Å²) in [5, 5.41) is 0. The van der Waals surface area contributed by atoms with Gasteiger partial charge in [-0.25, -0.2) is 0 Å². The Hall–Kier alpha value is -0.170. The molecule has 0 radical (unpaired) electrons. The first-order valence-corrected chi connectivity index (χ1v) is 4.44. The van der Waals surface area contributed by atoms with E-state index in [1.54, 1.807) is 11.8 Å². The Morgan fingerprint density at radius 1 is 1.56 bits per heavy atom. The summed E-state index contributed by atoms with van der Waals surface area (Å²) in [6, 6.07) is 0. The number of thioether (sulfide) groups is 1. The Labute approximate surface area is 62.0 Å². The predicted octanol–water partition coefficient (Wildman–Crippen LogP) is 3.22. The molecule has 0 amide bonds. The highest BCUT2D eigenvalue weighted by atomic mass is 32.2. The van der Waals surface area contributed by atoms with Crippen LogP contribution in [0.25, 0.3) is 0 Å². The standard InChI is InChI=1S/C8H14S/c1-4-6-8(9-3)7-5-2/h4,6-7H,5H2,1-3H3/b6-4-,8-7+. The average molecular weight is 142 g/mol. The van der Waals surface area contributed by atoms with Crippen molar-refractivity contribution in [1.29, 1.82) is 0 Å². The van der Waals surface area contributed by atoms with Gasteiger partial charge in [0.25, 0.3) is 0 Å². The van der Waals surface area contributed by atoms with Crippen LogP contribution in [0.5, 0.6) is 0 Å². The minimum atomic E-state index is 1.13. The second-order valence-corrected chi connectivity index (χ2v) is 2.60. The highest BCUT2D eigenvalue weighted by Crippen LogP contribution is 2.12. The van der Waals surface area contributed by atoms with Crippen LogP contribution in [0.15, 0.2) is 23.1 Å². The molecule has 0 heterocycles. The quantitative estimate of drug-likeness (QED) is 0.545. The lowest BCUT2D eigenvalue weighted by Crippen LogP contribution is -1.66. The molecule has 0 N–H and O–H groups in total. The van der Waals surface area contributed by atoms with Crippen LogP contribution in [-0.2, 0) is 0 Å². The van der Waals surface area contributed by atoms with Gasteiger partial charge in [0.05, 0.1) is 0 Å². The van der Waals surface area contributed by atoms with Crippen LogP contribution in [0.3, 0.4) is 0 Å². The van der Waals surface area contributed by atoms with Gasteiger partial charge in [-0.1, -0.05) is 25.2 Å². The Morgan fingerprint density at radius 3 is 2.56 bits per heavy atom. The van der Waals surface area contributed by atoms with Gasteiger partial charge in [0.1, 0.15) is 0 Å². The van der Waals surface area contributed by atoms with Crippen molar-refractivity contribution in [3.05, 3.63) is 23.1 Å². The lowest BCUT2D eigenvalue weighted by Gasteiger charge is -1.92.